The van der Waals surface area contributed by atoms with Gasteiger partial charge in [-0.25, -0.2) is 9.97 Å². The van der Waals surface area contributed by atoms with Crippen molar-refractivity contribution in [2.24, 2.45) is 0 Å². The van der Waals surface area contributed by atoms with E-state index in [9.17, 15) is 0 Å². The number of morpholine rings is 1. The van der Waals surface area contributed by atoms with E-state index < -0.39 is 0 Å². The molecule has 6 nitrogen and oxygen atoms in total. The third-order valence-corrected chi connectivity index (χ3v) is 4.80. The predicted octanol–water partition coefficient (Wildman–Crippen LogP) is 4.45. The lowest BCUT2D eigenvalue weighted by Gasteiger charge is -2.35. The number of nitrogens with zero attached hydrogens (tertiary/aromatic N) is 4. The van der Waals surface area contributed by atoms with E-state index in [1.165, 1.54) is 0 Å². The summed E-state index contributed by atoms with van der Waals surface area (Å²) < 4.78 is 11.4. The predicted molar refractivity (Wildman–Crippen MR) is 112 cm³/mol. The van der Waals surface area contributed by atoms with Gasteiger partial charge in [-0.2, -0.15) is 0 Å². The Morgan fingerprint density at radius 2 is 1.79 bits per heavy atom. The van der Waals surface area contributed by atoms with Crippen LogP contribution in [-0.2, 0) is 4.74 Å². The van der Waals surface area contributed by atoms with E-state index in [1.54, 1.807) is 6.26 Å². The van der Waals surface area contributed by atoms with Crippen molar-refractivity contribution in [1.29, 1.82) is 0 Å². The first kappa shape index (κ1) is 20.3. The first-order valence-electron chi connectivity index (χ1n) is 9.26. The van der Waals surface area contributed by atoms with Gasteiger partial charge in [0.1, 0.15) is 5.76 Å². The van der Waals surface area contributed by atoms with Crippen molar-refractivity contribution < 1.29 is 9.15 Å². The molecule has 1 fully saturated rings. The molecule has 28 heavy (non-hydrogen) atoms. The second-order valence-corrected chi connectivity index (χ2v) is 7.17. The van der Waals surface area contributed by atoms with Gasteiger partial charge in [-0.1, -0.05) is 0 Å². The normalized spacial score (nSPS) is 19.4. The first-order valence-corrected chi connectivity index (χ1v) is 9.26. The number of rotatable bonds is 3. The minimum atomic E-state index is 0. The van der Waals surface area contributed by atoms with Gasteiger partial charge in [0.2, 0.25) is 5.95 Å². The summed E-state index contributed by atoms with van der Waals surface area (Å²) in [6.45, 7) is 9.66. The molecule has 2 atom stereocenters. The molecule has 0 radical (unpaired) electrons. The maximum atomic E-state index is 5.85. The summed E-state index contributed by atoms with van der Waals surface area (Å²) in [5, 5.41) is 0. The average molecular weight is 401 g/mol. The third kappa shape index (κ3) is 4.03. The summed E-state index contributed by atoms with van der Waals surface area (Å²) >= 11 is 0. The summed E-state index contributed by atoms with van der Waals surface area (Å²) in [6, 6.07) is 6.00. The molecule has 3 aromatic heterocycles. The topological polar surface area (TPSA) is 64.3 Å². The molecule has 0 aliphatic carbocycles. The summed E-state index contributed by atoms with van der Waals surface area (Å²) in [5.41, 5.74) is 4.85. The Bertz CT molecular complexity index is 949. The Labute approximate surface area is 171 Å². The molecule has 1 aliphatic rings. The van der Waals surface area contributed by atoms with Crippen molar-refractivity contribution in [2.45, 2.75) is 39.9 Å². The van der Waals surface area contributed by atoms with E-state index in [1.807, 2.05) is 38.4 Å². The molecule has 0 unspecified atom stereocenters. The first-order chi connectivity index (χ1) is 13.0. The SMILES string of the molecule is Cc1cc(-c2cnc(N3C[C@H](C)O[C@@H](C)C3)nc2-c2ccoc2C)ccn1.Cl. The van der Waals surface area contributed by atoms with Crippen molar-refractivity contribution in [3.05, 3.63) is 48.3 Å². The lowest BCUT2D eigenvalue weighted by Crippen LogP contribution is -2.46. The van der Waals surface area contributed by atoms with Crippen LogP contribution in [-0.4, -0.2) is 40.2 Å². The molecule has 4 rings (SSSR count). The molecule has 7 heteroatoms. The van der Waals surface area contributed by atoms with Crippen LogP contribution in [0, 0.1) is 13.8 Å². The molecule has 0 N–H and O–H groups in total. The van der Waals surface area contributed by atoms with E-state index in [2.05, 4.69) is 34.8 Å². The Morgan fingerprint density at radius 3 is 2.43 bits per heavy atom. The van der Waals surface area contributed by atoms with Gasteiger partial charge in [-0.15, -0.1) is 12.4 Å². The van der Waals surface area contributed by atoms with Crippen molar-refractivity contribution in [3.8, 4) is 22.4 Å². The van der Waals surface area contributed by atoms with E-state index in [4.69, 9.17) is 14.1 Å². The van der Waals surface area contributed by atoms with Gasteiger partial charge < -0.3 is 14.1 Å². The molecular weight excluding hydrogens is 376 g/mol. The van der Waals surface area contributed by atoms with Gasteiger partial charge in [-0.05, 0) is 51.5 Å². The van der Waals surface area contributed by atoms with E-state index in [0.717, 1.165) is 52.9 Å². The lowest BCUT2D eigenvalue weighted by molar-refractivity contribution is -0.00571. The van der Waals surface area contributed by atoms with Gasteiger partial charge in [-0.3, -0.25) is 4.98 Å². The quantitative estimate of drug-likeness (QED) is 0.647. The van der Waals surface area contributed by atoms with Crippen molar-refractivity contribution in [3.63, 3.8) is 0 Å². The maximum absolute atomic E-state index is 5.85. The zero-order chi connectivity index (χ0) is 19.0. The van der Waals surface area contributed by atoms with Crippen LogP contribution in [0.25, 0.3) is 22.4 Å². The smallest absolute Gasteiger partial charge is 0.226 e. The van der Waals surface area contributed by atoms with E-state index in [-0.39, 0.29) is 24.6 Å². The van der Waals surface area contributed by atoms with Crippen LogP contribution in [0.5, 0.6) is 0 Å². The van der Waals surface area contributed by atoms with Crippen molar-refractivity contribution >= 4 is 18.4 Å². The fraction of sp³-hybridized carbons (Fsp3) is 0.381. The molecular formula is C21H25ClN4O2. The Hall–Kier alpha value is -2.44. The fourth-order valence-corrected chi connectivity index (χ4v) is 3.63. The Kier molecular flexibility index (Phi) is 6.01. The highest BCUT2D eigenvalue weighted by Gasteiger charge is 2.25. The highest BCUT2D eigenvalue weighted by molar-refractivity contribution is 5.85. The van der Waals surface area contributed by atoms with E-state index in [0.29, 0.717) is 0 Å². The molecule has 1 aliphatic heterocycles. The number of halogens is 1. The average Bonchev–Trinajstić information content (AvgIpc) is 3.06. The lowest BCUT2D eigenvalue weighted by atomic mass is 10.0. The minimum Gasteiger partial charge on any atom is -0.469 e. The van der Waals surface area contributed by atoms with Gasteiger partial charge in [0.15, 0.2) is 0 Å². The van der Waals surface area contributed by atoms with Crippen LogP contribution in [0.1, 0.15) is 25.3 Å². The van der Waals surface area contributed by atoms with Crippen LogP contribution in [0.2, 0.25) is 0 Å². The van der Waals surface area contributed by atoms with Crippen LogP contribution in [0.3, 0.4) is 0 Å². The number of aryl methyl sites for hydroxylation is 2. The standard InChI is InChI=1S/C21H24N4O2.ClH/c1-13-9-17(5-7-22-13)19-10-23-21(25-11-14(2)27-15(3)12-25)24-20(19)18-6-8-26-16(18)4;/h5-10,14-15H,11-12H2,1-4H3;1H/t14-,15-;/m0./s1. The minimum absolute atomic E-state index is 0. The van der Waals surface area contributed by atoms with Gasteiger partial charge in [0, 0.05) is 42.3 Å². The zero-order valence-corrected chi connectivity index (χ0v) is 17.4. The van der Waals surface area contributed by atoms with Gasteiger partial charge in [0.05, 0.1) is 24.2 Å². The number of anilines is 1. The Morgan fingerprint density at radius 1 is 1.04 bits per heavy atom. The monoisotopic (exact) mass is 400 g/mol. The van der Waals surface area contributed by atoms with Gasteiger partial charge >= 0.3 is 0 Å². The summed E-state index contributed by atoms with van der Waals surface area (Å²) in [7, 11) is 0. The molecule has 0 bridgehead atoms. The highest BCUT2D eigenvalue weighted by atomic mass is 35.5. The highest BCUT2D eigenvalue weighted by Crippen LogP contribution is 2.34. The molecule has 0 saturated carbocycles. The van der Waals surface area contributed by atoms with Crippen LogP contribution in [0.15, 0.2) is 41.3 Å². The van der Waals surface area contributed by atoms with Crippen molar-refractivity contribution in [1.82, 2.24) is 15.0 Å². The number of furan rings is 1. The number of aromatic nitrogens is 3. The van der Waals surface area contributed by atoms with Crippen LogP contribution >= 0.6 is 12.4 Å². The number of hydrogen-bond donors (Lipinski definition) is 0. The maximum Gasteiger partial charge on any atom is 0.226 e. The number of ether oxygens (including phenoxy) is 1. The number of pyridine rings is 1. The van der Waals surface area contributed by atoms with Gasteiger partial charge in [0.25, 0.3) is 0 Å². The molecule has 3 aromatic rings. The molecule has 0 aromatic carbocycles. The molecule has 4 heterocycles. The second-order valence-electron chi connectivity index (χ2n) is 7.17. The van der Waals surface area contributed by atoms with Crippen molar-refractivity contribution in [2.75, 3.05) is 18.0 Å². The third-order valence-electron chi connectivity index (χ3n) is 4.80. The zero-order valence-electron chi connectivity index (χ0n) is 16.5. The molecule has 1 saturated heterocycles. The largest absolute Gasteiger partial charge is 0.469 e. The van der Waals surface area contributed by atoms with Crippen LogP contribution in [0.4, 0.5) is 5.95 Å². The number of hydrogen-bond acceptors (Lipinski definition) is 6. The fourth-order valence-electron chi connectivity index (χ4n) is 3.63. The Balaban J connectivity index is 0.00000225. The molecule has 0 amide bonds. The summed E-state index contributed by atoms with van der Waals surface area (Å²) in [5.74, 6) is 1.57. The summed E-state index contributed by atoms with van der Waals surface area (Å²) in [4.78, 5) is 16.1. The second kappa shape index (κ2) is 8.29. The molecule has 148 valence electrons. The van der Waals surface area contributed by atoms with E-state index >= 15 is 0 Å². The van der Waals surface area contributed by atoms with Crippen LogP contribution < -0.4 is 4.90 Å². The summed E-state index contributed by atoms with van der Waals surface area (Å²) in [6.07, 6.45) is 5.73. The molecule has 0 spiro atoms.